The molecule has 1 heterocycles. The van der Waals surface area contributed by atoms with Crippen molar-refractivity contribution in [3.05, 3.63) is 52.0 Å². The number of benzene rings is 1. The van der Waals surface area contributed by atoms with Crippen LogP contribution in [0, 0.1) is 5.82 Å². The molecule has 0 bridgehead atoms. The van der Waals surface area contributed by atoms with Gasteiger partial charge in [-0.3, -0.25) is 0 Å². The normalized spacial score (nSPS) is 14.1. The van der Waals surface area contributed by atoms with E-state index < -0.39 is 12.0 Å². The van der Waals surface area contributed by atoms with Gasteiger partial charge in [0.1, 0.15) is 17.7 Å². The molecular formula is C14H16FNO2S. The Balaban J connectivity index is 2.35. The van der Waals surface area contributed by atoms with E-state index in [1.54, 1.807) is 31.4 Å². The molecule has 0 amide bonds. The highest BCUT2D eigenvalue weighted by Crippen LogP contribution is 2.39. The Morgan fingerprint density at radius 1 is 1.37 bits per heavy atom. The summed E-state index contributed by atoms with van der Waals surface area (Å²) in [5.41, 5.74) is 6.13. The molecule has 0 aliphatic rings. The minimum Gasteiger partial charge on any atom is -0.495 e. The van der Waals surface area contributed by atoms with E-state index in [-0.39, 0.29) is 12.4 Å². The third-order valence-corrected chi connectivity index (χ3v) is 4.05. The number of hydrogen-bond acceptors (Lipinski definition) is 4. The van der Waals surface area contributed by atoms with Crippen LogP contribution in [0.2, 0.25) is 0 Å². The topological polar surface area (TPSA) is 55.5 Å². The molecule has 1 aromatic carbocycles. The van der Waals surface area contributed by atoms with Crippen molar-refractivity contribution in [3.63, 3.8) is 0 Å². The lowest BCUT2D eigenvalue weighted by Crippen LogP contribution is -2.21. The Morgan fingerprint density at radius 2 is 2.11 bits per heavy atom. The molecule has 3 N–H and O–H groups in total. The number of ether oxygens (including phenoxy) is 1. The first-order chi connectivity index (χ1) is 9.19. The minimum absolute atomic E-state index is 0.156. The average Bonchev–Trinajstić information content (AvgIpc) is 2.89. The van der Waals surface area contributed by atoms with Gasteiger partial charge < -0.3 is 15.6 Å². The minimum atomic E-state index is -0.878. The third-order valence-electron chi connectivity index (χ3n) is 3.09. The maximum Gasteiger partial charge on any atom is 0.135 e. The predicted molar refractivity (Wildman–Crippen MR) is 74.0 cm³/mol. The number of methoxy groups -OCH3 is 1. The Bertz CT molecular complexity index is 544. The van der Waals surface area contributed by atoms with E-state index in [0.29, 0.717) is 16.2 Å². The summed E-state index contributed by atoms with van der Waals surface area (Å²) in [6, 6.07) is 8.15. The van der Waals surface area contributed by atoms with Crippen LogP contribution in [0.5, 0.6) is 5.75 Å². The number of nitrogens with two attached hydrogens (primary N) is 1. The number of aliphatic hydroxyl groups is 1. The number of rotatable bonds is 5. The zero-order chi connectivity index (χ0) is 13.8. The molecule has 0 aliphatic carbocycles. The van der Waals surface area contributed by atoms with Crippen molar-refractivity contribution in [2.75, 3.05) is 13.7 Å². The quantitative estimate of drug-likeness (QED) is 0.886. The highest BCUT2D eigenvalue weighted by molar-refractivity contribution is 7.10. The van der Waals surface area contributed by atoms with Crippen LogP contribution in [-0.2, 0) is 0 Å². The SMILES string of the molecule is COc1ccsc1C(O)C(CN)c1ccccc1F. The van der Waals surface area contributed by atoms with E-state index in [1.807, 2.05) is 5.38 Å². The summed E-state index contributed by atoms with van der Waals surface area (Å²) < 4.78 is 19.0. The van der Waals surface area contributed by atoms with Gasteiger partial charge >= 0.3 is 0 Å². The molecule has 2 aromatic rings. The van der Waals surface area contributed by atoms with Gasteiger partial charge in [0.25, 0.3) is 0 Å². The molecular weight excluding hydrogens is 265 g/mol. The second-order valence-corrected chi connectivity index (χ2v) is 5.11. The van der Waals surface area contributed by atoms with Crippen LogP contribution in [0.25, 0.3) is 0 Å². The number of aliphatic hydroxyl groups excluding tert-OH is 1. The Morgan fingerprint density at radius 3 is 2.74 bits per heavy atom. The first-order valence-electron chi connectivity index (χ1n) is 5.93. The first-order valence-corrected chi connectivity index (χ1v) is 6.81. The largest absolute Gasteiger partial charge is 0.495 e. The molecule has 0 saturated carbocycles. The molecule has 0 aliphatic heterocycles. The first kappa shape index (κ1) is 14.0. The van der Waals surface area contributed by atoms with Crippen LogP contribution in [0.3, 0.4) is 0 Å². The Kier molecular flexibility index (Phi) is 4.52. The molecule has 0 saturated heterocycles. The smallest absolute Gasteiger partial charge is 0.135 e. The van der Waals surface area contributed by atoms with E-state index in [2.05, 4.69) is 0 Å². The lowest BCUT2D eigenvalue weighted by molar-refractivity contribution is 0.146. The highest BCUT2D eigenvalue weighted by Gasteiger charge is 2.27. The lowest BCUT2D eigenvalue weighted by Gasteiger charge is -2.22. The fourth-order valence-corrected chi connectivity index (χ4v) is 2.99. The molecule has 19 heavy (non-hydrogen) atoms. The maximum absolute atomic E-state index is 13.8. The molecule has 2 rings (SSSR count). The molecule has 2 atom stereocenters. The third kappa shape index (κ3) is 2.78. The molecule has 0 radical (unpaired) electrons. The van der Waals surface area contributed by atoms with E-state index in [9.17, 15) is 9.50 Å². The van der Waals surface area contributed by atoms with E-state index in [1.165, 1.54) is 17.4 Å². The second-order valence-electron chi connectivity index (χ2n) is 4.16. The van der Waals surface area contributed by atoms with Gasteiger partial charge in [0, 0.05) is 12.5 Å². The van der Waals surface area contributed by atoms with Gasteiger partial charge in [-0.2, -0.15) is 0 Å². The standard InChI is InChI=1S/C14H16FNO2S/c1-18-12-6-7-19-14(12)13(17)10(8-16)9-4-2-3-5-11(9)15/h2-7,10,13,17H,8,16H2,1H3. The summed E-state index contributed by atoms with van der Waals surface area (Å²) >= 11 is 1.37. The molecule has 5 heteroatoms. The monoisotopic (exact) mass is 281 g/mol. The molecule has 0 spiro atoms. The van der Waals surface area contributed by atoms with Crippen molar-refractivity contribution >= 4 is 11.3 Å². The molecule has 3 nitrogen and oxygen atoms in total. The van der Waals surface area contributed by atoms with Crippen LogP contribution in [0.1, 0.15) is 22.5 Å². The van der Waals surface area contributed by atoms with Crippen molar-refractivity contribution in [2.24, 2.45) is 5.73 Å². The summed E-state index contributed by atoms with van der Waals surface area (Å²) in [7, 11) is 1.54. The zero-order valence-corrected chi connectivity index (χ0v) is 11.4. The van der Waals surface area contributed by atoms with Crippen molar-refractivity contribution < 1.29 is 14.2 Å². The van der Waals surface area contributed by atoms with Crippen molar-refractivity contribution in [1.82, 2.24) is 0 Å². The number of halogens is 1. The predicted octanol–water partition coefficient (Wildman–Crippen LogP) is 2.67. The highest BCUT2D eigenvalue weighted by atomic mass is 32.1. The summed E-state index contributed by atoms with van der Waals surface area (Å²) in [5, 5.41) is 12.3. The van der Waals surface area contributed by atoms with E-state index in [4.69, 9.17) is 10.5 Å². The fourth-order valence-electron chi connectivity index (χ4n) is 2.08. The number of thiophene rings is 1. The van der Waals surface area contributed by atoms with Gasteiger partial charge in [0.15, 0.2) is 0 Å². The van der Waals surface area contributed by atoms with Crippen molar-refractivity contribution in [2.45, 2.75) is 12.0 Å². The summed E-state index contributed by atoms with van der Waals surface area (Å²) in [4.78, 5) is 0.668. The van der Waals surface area contributed by atoms with Crippen LogP contribution < -0.4 is 10.5 Å². The van der Waals surface area contributed by atoms with Crippen LogP contribution in [0.4, 0.5) is 4.39 Å². The van der Waals surface area contributed by atoms with Gasteiger partial charge in [0.2, 0.25) is 0 Å². The maximum atomic E-state index is 13.8. The number of hydrogen-bond donors (Lipinski definition) is 2. The zero-order valence-electron chi connectivity index (χ0n) is 10.5. The van der Waals surface area contributed by atoms with Gasteiger partial charge in [-0.05, 0) is 23.1 Å². The Hall–Kier alpha value is -1.43. The molecule has 2 unspecified atom stereocenters. The van der Waals surface area contributed by atoms with Crippen LogP contribution in [-0.4, -0.2) is 18.8 Å². The summed E-state index contributed by atoms with van der Waals surface area (Å²) in [6.07, 6.45) is -0.878. The molecule has 102 valence electrons. The van der Waals surface area contributed by atoms with Crippen molar-refractivity contribution in [3.8, 4) is 5.75 Å². The molecule has 0 fully saturated rings. The Labute approximate surface area is 115 Å². The van der Waals surface area contributed by atoms with Crippen LogP contribution in [0.15, 0.2) is 35.7 Å². The molecule has 1 aromatic heterocycles. The summed E-state index contributed by atoms with van der Waals surface area (Å²) in [5.74, 6) is -0.242. The van der Waals surface area contributed by atoms with Crippen LogP contribution >= 0.6 is 11.3 Å². The second kappa shape index (κ2) is 6.14. The van der Waals surface area contributed by atoms with Gasteiger partial charge in [-0.15, -0.1) is 11.3 Å². The summed E-state index contributed by atoms with van der Waals surface area (Å²) in [6.45, 7) is 0.156. The average molecular weight is 281 g/mol. The lowest BCUT2D eigenvalue weighted by atomic mass is 9.92. The van der Waals surface area contributed by atoms with Gasteiger partial charge in [-0.25, -0.2) is 4.39 Å². The van der Waals surface area contributed by atoms with E-state index in [0.717, 1.165) is 0 Å². The van der Waals surface area contributed by atoms with Crippen molar-refractivity contribution in [1.29, 1.82) is 0 Å². The van der Waals surface area contributed by atoms with Gasteiger partial charge in [-0.1, -0.05) is 18.2 Å². The van der Waals surface area contributed by atoms with E-state index >= 15 is 0 Å². The fraction of sp³-hybridized carbons (Fsp3) is 0.286. The van der Waals surface area contributed by atoms with Gasteiger partial charge in [0.05, 0.1) is 12.0 Å².